The van der Waals surface area contributed by atoms with E-state index in [1.807, 2.05) is 31.7 Å². The second-order valence-electron chi connectivity index (χ2n) is 6.63. The third kappa shape index (κ3) is 5.45. The highest BCUT2D eigenvalue weighted by atomic mass is 35.5. The SMILES string of the molecule is CC(C)(C)OC(=O)N1CCCC1CNCCc1ccc(Cl)s1. The van der Waals surface area contributed by atoms with E-state index in [2.05, 4.69) is 11.4 Å². The Balaban J connectivity index is 1.73. The number of thiophene rings is 1. The number of ether oxygens (including phenoxy) is 1. The standard InChI is InChI=1S/C16H25ClN2O2S/c1-16(2,3)21-15(20)19-10-4-5-12(19)11-18-9-8-13-6-7-14(17)22-13/h6-7,12,18H,4-5,8-11H2,1-3H3. The summed E-state index contributed by atoms with van der Waals surface area (Å²) in [6.07, 6.45) is 2.86. The van der Waals surface area contributed by atoms with Gasteiger partial charge in [-0.2, -0.15) is 0 Å². The minimum Gasteiger partial charge on any atom is -0.444 e. The number of amides is 1. The first-order valence-corrected chi connectivity index (χ1v) is 8.99. The summed E-state index contributed by atoms with van der Waals surface area (Å²) in [5.74, 6) is 0. The molecular formula is C16H25ClN2O2S. The molecule has 0 aromatic carbocycles. The van der Waals surface area contributed by atoms with E-state index >= 15 is 0 Å². The maximum atomic E-state index is 12.2. The third-order valence-corrected chi connectivity index (χ3v) is 4.85. The van der Waals surface area contributed by atoms with E-state index in [4.69, 9.17) is 16.3 Å². The van der Waals surface area contributed by atoms with Crippen LogP contribution in [0.2, 0.25) is 4.34 Å². The van der Waals surface area contributed by atoms with Gasteiger partial charge in [0.2, 0.25) is 0 Å². The van der Waals surface area contributed by atoms with Gasteiger partial charge in [0, 0.05) is 30.6 Å². The number of carbonyl (C=O) groups is 1. The molecule has 1 aliphatic rings. The maximum Gasteiger partial charge on any atom is 0.410 e. The van der Waals surface area contributed by atoms with Crippen LogP contribution < -0.4 is 5.32 Å². The van der Waals surface area contributed by atoms with Crippen LogP contribution in [0.5, 0.6) is 0 Å². The Bertz CT molecular complexity index is 499. The number of halogens is 1. The van der Waals surface area contributed by atoms with Crippen molar-refractivity contribution in [1.29, 1.82) is 0 Å². The summed E-state index contributed by atoms with van der Waals surface area (Å²) in [6.45, 7) is 8.22. The van der Waals surface area contributed by atoms with Crippen LogP contribution in [0.15, 0.2) is 12.1 Å². The number of hydrogen-bond acceptors (Lipinski definition) is 4. The number of nitrogens with one attached hydrogen (secondary N) is 1. The van der Waals surface area contributed by atoms with Crippen molar-refractivity contribution in [2.24, 2.45) is 0 Å². The second kappa shape index (κ2) is 7.66. The Kier molecular flexibility index (Phi) is 6.12. The van der Waals surface area contributed by atoms with Gasteiger partial charge in [0.1, 0.15) is 5.60 Å². The molecule has 1 atom stereocenters. The van der Waals surface area contributed by atoms with Gasteiger partial charge < -0.3 is 15.0 Å². The van der Waals surface area contributed by atoms with Crippen LogP contribution >= 0.6 is 22.9 Å². The van der Waals surface area contributed by atoms with Crippen molar-refractivity contribution >= 4 is 29.0 Å². The minimum atomic E-state index is -0.434. The third-order valence-electron chi connectivity index (χ3n) is 3.56. The molecule has 0 bridgehead atoms. The Morgan fingerprint density at radius 1 is 1.50 bits per heavy atom. The lowest BCUT2D eigenvalue weighted by Crippen LogP contribution is -2.44. The van der Waals surface area contributed by atoms with Crippen LogP contribution in [0, 0.1) is 0 Å². The molecule has 1 aromatic heterocycles. The molecule has 1 amide bonds. The highest BCUT2D eigenvalue weighted by molar-refractivity contribution is 7.16. The van der Waals surface area contributed by atoms with Crippen molar-refractivity contribution < 1.29 is 9.53 Å². The fourth-order valence-corrected chi connectivity index (χ4v) is 3.66. The normalized spacial score (nSPS) is 18.7. The lowest BCUT2D eigenvalue weighted by Gasteiger charge is -2.28. The Morgan fingerprint density at radius 2 is 2.27 bits per heavy atom. The predicted molar refractivity (Wildman–Crippen MR) is 91.9 cm³/mol. The highest BCUT2D eigenvalue weighted by Crippen LogP contribution is 2.22. The first-order valence-electron chi connectivity index (χ1n) is 7.80. The molecule has 0 radical (unpaired) electrons. The molecule has 1 fully saturated rings. The fraction of sp³-hybridized carbons (Fsp3) is 0.688. The predicted octanol–water partition coefficient (Wildman–Crippen LogP) is 3.93. The first kappa shape index (κ1) is 17.6. The van der Waals surface area contributed by atoms with Crippen molar-refractivity contribution in [1.82, 2.24) is 10.2 Å². The summed E-state index contributed by atoms with van der Waals surface area (Å²) in [6, 6.07) is 4.24. The van der Waals surface area contributed by atoms with Crippen LogP contribution in [0.3, 0.4) is 0 Å². The molecule has 2 heterocycles. The molecule has 1 aliphatic heterocycles. The highest BCUT2D eigenvalue weighted by Gasteiger charge is 2.31. The van der Waals surface area contributed by atoms with Gasteiger partial charge in [-0.25, -0.2) is 4.79 Å². The lowest BCUT2D eigenvalue weighted by atomic mass is 10.2. The minimum absolute atomic E-state index is 0.193. The van der Waals surface area contributed by atoms with E-state index in [-0.39, 0.29) is 12.1 Å². The summed E-state index contributed by atoms with van der Waals surface area (Å²) < 4.78 is 6.31. The number of rotatable bonds is 5. The average Bonchev–Trinajstić information content (AvgIpc) is 3.01. The molecule has 1 unspecified atom stereocenters. The Morgan fingerprint density at radius 3 is 2.91 bits per heavy atom. The molecule has 2 rings (SSSR count). The molecule has 124 valence electrons. The van der Waals surface area contributed by atoms with Crippen molar-refractivity contribution in [3.05, 3.63) is 21.3 Å². The van der Waals surface area contributed by atoms with Crippen LogP contribution in [0.4, 0.5) is 4.79 Å². The van der Waals surface area contributed by atoms with Crippen LogP contribution in [0.1, 0.15) is 38.5 Å². The van der Waals surface area contributed by atoms with Crippen LogP contribution in [-0.2, 0) is 11.2 Å². The largest absolute Gasteiger partial charge is 0.444 e. The van der Waals surface area contributed by atoms with Crippen LogP contribution in [-0.4, -0.2) is 42.3 Å². The zero-order chi connectivity index (χ0) is 16.2. The molecule has 1 aromatic rings. The van der Waals surface area contributed by atoms with Crippen molar-refractivity contribution in [3.8, 4) is 0 Å². The molecule has 1 saturated heterocycles. The molecule has 4 nitrogen and oxygen atoms in total. The van der Waals surface area contributed by atoms with Gasteiger partial charge in [0.15, 0.2) is 0 Å². The van der Waals surface area contributed by atoms with Crippen molar-refractivity contribution in [2.45, 2.75) is 51.7 Å². The monoisotopic (exact) mass is 344 g/mol. The molecule has 0 saturated carbocycles. The van der Waals surface area contributed by atoms with Gasteiger partial charge in [-0.1, -0.05) is 11.6 Å². The summed E-state index contributed by atoms with van der Waals surface area (Å²) in [5, 5.41) is 3.45. The van der Waals surface area contributed by atoms with E-state index < -0.39 is 5.60 Å². The smallest absolute Gasteiger partial charge is 0.410 e. The quantitative estimate of drug-likeness (QED) is 0.823. The Hall–Kier alpha value is -0.780. The van der Waals surface area contributed by atoms with E-state index in [0.717, 1.165) is 43.2 Å². The number of hydrogen-bond donors (Lipinski definition) is 1. The van der Waals surface area contributed by atoms with E-state index in [1.165, 1.54) is 4.88 Å². The second-order valence-corrected chi connectivity index (χ2v) is 8.43. The molecule has 1 N–H and O–H groups in total. The Labute approximate surface area is 141 Å². The molecule has 6 heteroatoms. The number of nitrogens with zero attached hydrogens (tertiary/aromatic N) is 1. The first-order chi connectivity index (χ1) is 10.3. The van der Waals surface area contributed by atoms with Gasteiger partial charge >= 0.3 is 6.09 Å². The number of carbonyl (C=O) groups excluding carboxylic acids is 1. The zero-order valence-electron chi connectivity index (χ0n) is 13.5. The average molecular weight is 345 g/mol. The van der Waals surface area contributed by atoms with Crippen molar-refractivity contribution in [2.75, 3.05) is 19.6 Å². The maximum absolute atomic E-state index is 12.2. The fourth-order valence-electron chi connectivity index (χ4n) is 2.58. The molecule has 0 aliphatic carbocycles. The van der Waals surface area contributed by atoms with Gasteiger partial charge in [0.05, 0.1) is 4.34 Å². The van der Waals surface area contributed by atoms with E-state index in [0.29, 0.717) is 0 Å². The van der Waals surface area contributed by atoms with Crippen molar-refractivity contribution in [3.63, 3.8) is 0 Å². The van der Waals surface area contributed by atoms with E-state index in [1.54, 1.807) is 11.3 Å². The summed E-state index contributed by atoms with van der Waals surface area (Å²) in [4.78, 5) is 15.3. The van der Waals surface area contributed by atoms with Gasteiger partial charge in [-0.3, -0.25) is 0 Å². The summed E-state index contributed by atoms with van der Waals surface area (Å²) in [5.41, 5.74) is -0.434. The van der Waals surface area contributed by atoms with E-state index in [9.17, 15) is 4.79 Å². The lowest BCUT2D eigenvalue weighted by molar-refractivity contribution is 0.0227. The van der Waals surface area contributed by atoms with Gasteiger partial charge in [-0.15, -0.1) is 11.3 Å². The number of likely N-dealkylation sites (tertiary alicyclic amines) is 1. The van der Waals surface area contributed by atoms with Gasteiger partial charge in [0.25, 0.3) is 0 Å². The molecule has 22 heavy (non-hydrogen) atoms. The van der Waals surface area contributed by atoms with Gasteiger partial charge in [-0.05, 0) is 52.2 Å². The summed E-state index contributed by atoms with van der Waals surface area (Å²) >= 11 is 7.55. The topological polar surface area (TPSA) is 41.6 Å². The zero-order valence-corrected chi connectivity index (χ0v) is 15.1. The summed E-state index contributed by atoms with van der Waals surface area (Å²) in [7, 11) is 0. The molecule has 0 spiro atoms. The molecular weight excluding hydrogens is 320 g/mol. The van der Waals surface area contributed by atoms with Crippen LogP contribution in [0.25, 0.3) is 0 Å².